The summed E-state index contributed by atoms with van der Waals surface area (Å²) < 4.78 is 28.4. The monoisotopic (exact) mass is 324 g/mol. The maximum Gasteiger partial charge on any atom is 0.213 e. The number of rotatable bonds is 6. The van der Waals surface area contributed by atoms with Crippen molar-refractivity contribution in [2.24, 2.45) is 17.8 Å². The Bertz CT molecular complexity index is 594. The van der Waals surface area contributed by atoms with E-state index in [1.54, 1.807) is 12.1 Å². The first kappa shape index (κ1) is 15.7. The van der Waals surface area contributed by atoms with E-state index in [0.29, 0.717) is 12.5 Å². The standard InChI is InChI=1S/C16H24N2O3S/c1-22(19,20)14-2-3-16(18-11-14)21-9-6-13-10-15(13)12-4-7-17-8-5-12/h2-3,11-13,15,17H,4-10H2,1H3/t13-,15+/m0/s1. The lowest BCUT2D eigenvalue weighted by Crippen LogP contribution is -2.29. The van der Waals surface area contributed by atoms with Gasteiger partial charge in [0.15, 0.2) is 9.84 Å². The first-order chi connectivity index (χ1) is 10.5. The van der Waals surface area contributed by atoms with Gasteiger partial charge < -0.3 is 10.1 Å². The third kappa shape index (κ3) is 3.98. The summed E-state index contributed by atoms with van der Waals surface area (Å²) in [6.45, 7) is 3.00. The Hall–Kier alpha value is -1.14. The van der Waals surface area contributed by atoms with Crippen molar-refractivity contribution in [3.05, 3.63) is 18.3 Å². The van der Waals surface area contributed by atoms with E-state index in [9.17, 15) is 8.42 Å². The van der Waals surface area contributed by atoms with Gasteiger partial charge in [-0.25, -0.2) is 13.4 Å². The molecule has 6 heteroatoms. The van der Waals surface area contributed by atoms with Gasteiger partial charge in [0.05, 0.1) is 11.5 Å². The number of hydrogen-bond donors (Lipinski definition) is 1. The van der Waals surface area contributed by atoms with Gasteiger partial charge in [0.2, 0.25) is 5.88 Å². The summed E-state index contributed by atoms with van der Waals surface area (Å²) in [7, 11) is -3.19. The molecule has 0 spiro atoms. The lowest BCUT2D eigenvalue weighted by atomic mass is 9.91. The molecular weight excluding hydrogens is 300 g/mol. The zero-order valence-electron chi connectivity index (χ0n) is 13.0. The Labute approximate surface area is 132 Å². The van der Waals surface area contributed by atoms with E-state index in [4.69, 9.17) is 4.74 Å². The van der Waals surface area contributed by atoms with Crippen molar-refractivity contribution < 1.29 is 13.2 Å². The number of nitrogens with one attached hydrogen (secondary N) is 1. The van der Waals surface area contributed by atoms with Crippen LogP contribution in [0.3, 0.4) is 0 Å². The molecule has 1 aliphatic heterocycles. The average Bonchev–Trinajstić information content (AvgIpc) is 3.27. The van der Waals surface area contributed by atoms with Gasteiger partial charge in [0.1, 0.15) is 0 Å². The second-order valence-corrected chi connectivity index (χ2v) is 8.50. The highest BCUT2D eigenvalue weighted by atomic mass is 32.2. The molecule has 1 N–H and O–H groups in total. The van der Waals surface area contributed by atoms with Crippen LogP contribution in [0.1, 0.15) is 25.7 Å². The van der Waals surface area contributed by atoms with E-state index < -0.39 is 9.84 Å². The Morgan fingerprint density at radius 2 is 2.09 bits per heavy atom. The summed E-state index contributed by atoms with van der Waals surface area (Å²) in [4.78, 5) is 4.29. The summed E-state index contributed by atoms with van der Waals surface area (Å²) in [6.07, 6.45) is 7.59. The highest BCUT2D eigenvalue weighted by Crippen LogP contribution is 2.49. The van der Waals surface area contributed by atoms with Crippen molar-refractivity contribution in [3.8, 4) is 5.88 Å². The van der Waals surface area contributed by atoms with E-state index >= 15 is 0 Å². The molecule has 0 amide bonds. The van der Waals surface area contributed by atoms with Crippen LogP contribution >= 0.6 is 0 Å². The fourth-order valence-corrected chi connectivity index (χ4v) is 4.00. The van der Waals surface area contributed by atoms with Gasteiger partial charge in [-0.2, -0.15) is 0 Å². The first-order valence-electron chi connectivity index (χ1n) is 8.03. The van der Waals surface area contributed by atoms with Crippen LogP contribution in [0.2, 0.25) is 0 Å². The Morgan fingerprint density at radius 3 is 2.73 bits per heavy atom. The number of piperidine rings is 1. The largest absolute Gasteiger partial charge is 0.478 e. The van der Waals surface area contributed by atoms with Gasteiger partial charge in [-0.15, -0.1) is 0 Å². The number of aromatic nitrogens is 1. The van der Waals surface area contributed by atoms with E-state index in [1.807, 2.05) is 0 Å². The predicted octanol–water partition coefficient (Wildman–Crippen LogP) is 1.89. The molecule has 122 valence electrons. The fourth-order valence-electron chi connectivity index (χ4n) is 3.44. The molecule has 1 aliphatic carbocycles. The van der Waals surface area contributed by atoms with E-state index in [0.717, 1.165) is 24.2 Å². The SMILES string of the molecule is CS(=O)(=O)c1ccc(OCC[C@H]2C[C@@H]2C2CCNCC2)nc1. The van der Waals surface area contributed by atoms with Gasteiger partial charge in [-0.05, 0) is 62.6 Å². The van der Waals surface area contributed by atoms with Gasteiger partial charge in [0, 0.05) is 18.5 Å². The Balaban J connectivity index is 1.40. The van der Waals surface area contributed by atoms with Crippen molar-refractivity contribution in [3.63, 3.8) is 0 Å². The van der Waals surface area contributed by atoms with Crippen molar-refractivity contribution in [2.45, 2.75) is 30.6 Å². The van der Waals surface area contributed by atoms with Gasteiger partial charge >= 0.3 is 0 Å². The van der Waals surface area contributed by atoms with Crippen molar-refractivity contribution in [2.75, 3.05) is 26.0 Å². The van der Waals surface area contributed by atoms with Crippen LogP contribution in [-0.4, -0.2) is 39.4 Å². The lowest BCUT2D eigenvalue weighted by Gasteiger charge is -2.22. The lowest BCUT2D eigenvalue weighted by molar-refractivity contribution is 0.272. The van der Waals surface area contributed by atoms with Crippen molar-refractivity contribution in [1.29, 1.82) is 0 Å². The zero-order valence-corrected chi connectivity index (χ0v) is 13.8. The normalized spacial score (nSPS) is 25.9. The molecule has 22 heavy (non-hydrogen) atoms. The predicted molar refractivity (Wildman–Crippen MR) is 84.6 cm³/mol. The summed E-state index contributed by atoms with van der Waals surface area (Å²) in [6, 6.07) is 3.18. The molecule has 0 aromatic carbocycles. The smallest absolute Gasteiger partial charge is 0.213 e. The van der Waals surface area contributed by atoms with Gasteiger partial charge in [-0.3, -0.25) is 0 Å². The average molecular weight is 324 g/mol. The number of ether oxygens (including phenoxy) is 1. The van der Waals surface area contributed by atoms with Crippen molar-refractivity contribution >= 4 is 9.84 Å². The minimum absolute atomic E-state index is 0.230. The van der Waals surface area contributed by atoms with E-state index in [2.05, 4.69) is 10.3 Å². The van der Waals surface area contributed by atoms with Crippen LogP contribution in [0, 0.1) is 17.8 Å². The third-order valence-corrected chi connectivity index (χ3v) is 5.94. The second-order valence-electron chi connectivity index (χ2n) is 6.49. The zero-order chi connectivity index (χ0) is 15.6. The Morgan fingerprint density at radius 1 is 1.32 bits per heavy atom. The van der Waals surface area contributed by atoms with Crippen LogP contribution < -0.4 is 10.1 Å². The number of pyridine rings is 1. The summed E-state index contributed by atoms with van der Waals surface area (Å²) in [5, 5.41) is 3.42. The highest BCUT2D eigenvalue weighted by Gasteiger charge is 2.42. The van der Waals surface area contributed by atoms with Gasteiger partial charge in [0.25, 0.3) is 0 Å². The molecule has 5 nitrogen and oxygen atoms in total. The minimum Gasteiger partial charge on any atom is -0.478 e. The second kappa shape index (κ2) is 6.54. The molecule has 0 bridgehead atoms. The highest BCUT2D eigenvalue weighted by molar-refractivity contribution is 7.90. The molecule has 1 aromatic heterocycles. The fraction of sp³-hybridized carbons (Fsp3) is 0.688. The first-order valence-corrected chi connectivity index (χ1v) is 9.93. The van der Waals surface area contributed by atoms with Crippen molar-refractivity contribution in [1.82, 2.24) is 10.3 Å². The Kier molecular flexibility index (Phi) is 4.68. The molecule has 0 radical (unpaired) electrons. The molecule has 2 atom stereocenters. The molecule has 1 aromatic rings. The summed E-state index contributed by atoms with van der Waals surface area (Å²) in [5.41, 5.74) is 0. The van der Waals surface area contributed by atoms with Crippen LogP contribution in [-0.2, 0) is 9.84 Å². The molecule has 1 saturated carbocycles. The molecular formula is C16H24N2O3S. The molecule has 1 saturated heterocycles. The maximum atomic E-state index is 11.4. The van der Waals surface area contributed by atoms with E-state index in [1.165, 1.54) is 44.8 Å². The topological polar surface area (TPSA) is 68.3 Å². The molecule has 2 fully saturated rings. The minimum atomic E-state index is -3.19. The van der Waals surface area contributed by atoms with Crippen LogP contribution in [0.15, 0.2) is 23.2 Å². The number of hydrogen-bond acceptors (Lipinski definition) is 5. The van der Waals surface area contributed by atoms with Crippen LogP contribution in [0.4, 0.5) is 0 Å². The quantitative estimate of drug-likeness (QED) is 0.865. The molecule has 3 rings (SSSR count). The summed E-state index contributed by atoms with van der Waals surface area (Å²) in [5.74, 6) is 3.11. The maximum absolute atomic E-state index is 11.4. The number of nitrogens with zero attached hydrogens (tertiary/aromatic N) is 1. The molecule has 2 aliphatic rings. The summed E-state index contributed by atoms with van der Waals surface area (Å²) >= 11 is 0. The van der Waals surface area contributed by atoms with E-state index in [-0.39, 0.29) is 4.90 Å². The van der Waals surface area contributed by atoms with Crippen LogP contribution in [0.5, 0.6) is 5.88 Å². The van der Waals surface area contributed by atoms with Gasteiger partial charge in [-0.1, -0.05) is 0 Å². The third-order valence-electron chi connectivity index (χ3n) is 4.84. The number of sulfone groups is 1. The molecule has 0 unspecified atom stereocenters. The molecule has 2 heterocycles. The van der Waals surface area contributed by atoms with Crippen LogP contribution in [0.25, 0.3) is 0 Å².